The van der Waals surface area contributed by atoms with Crippen LogP contribution >= 0.6 is 0 Å². The summed E-state index contributed by atoms with van der Waals surface area (Å²) in [5, 5.41) is 1.23. The summed E-state index contributed by atoms with van der Waals surface area (Å²) in [7, 11) is 0. The molecule has 1 heterocycles. The summed E-state index contributed by atoms with van der Waals surface area (Å²) in [4.78, 5) is 2.41. The van der Waals surface area contributed by atoms with Gasteiger partial charge in [0, 0.05) is 33.8 Å². The van der Waals surface area contributed by atoms with Crippen molar-refractivity contribution in [1.29, 1.82) is 0 Å². The minimum atomic E-state index is -0.505. The Morgan fingerprint density at radius 1 is 0.453 bits per heavy atom. The highest BCUT2D eigenvalue weighted by molar-refractivity contribution is 5.94. The average molecular weight is 819 g/mol. The van der Waals surface area contributed by atoms with Crippen LogP contribution in [0.15, 0.2) is 249 Å². The standard InChI is InChI=1S/C62H46N2/c1-3-4-29-60-44(2)57-42-48(34-41-61(57)64(60)51-25-15-8-16-26-51)47-32-37-53(38-33-47)63(52-35-30-46(31-36-52)45-19-9-5-10-20-45)54-39-40-56-55-27-17-18-28-58(55)62(59(56)43-54,49-21-11-6-12-22-49)50-23-13-7-14-24-50/h3-43H,1H2,2H3/b29-4-. The molecule has 0 amide bonds. The Morgan fingerprint density at radius 2 is 0.953 bits per heavy atom. The number of hydrogen-bond donors (Lipinski definition) is 0. The normalized spacial score (nSPS) is 12.6. The van der Waals surface area contributed by atoms with Gasteiger partial charge in [-0.05, 0) is 135 Å². The second-order valence-corrected chi connectivity index (χ2v) is 16.6. The summed E-state index contributed by atoms with van der Waals surface area (Å²) >= 11 is 0. The molecular formula is C62H46N2. The van der Waals surface area contributed by atoms with Crippen LogP contribution in [0.2, 0.25) is 0 Å². The number of anilines is 3. The average Bonchev–Trinajstić information content (AvgIpc) is 3.82. The fourth-order valence-corrected chi connectivity index (χ4v) is 10.1. The molecule has 0 unspecified atom stereocenters. The first kappa shape index (κ1) is 38.7. The van der Waals surface area contributed by atoms with Crippen LogP contribution in [0.4, 0.5) is 17.1 Å². The van der Waals surface area contributed by atoms with Crippen molar-refractivity contribution in [2.45, 2.75) is 12.3 Å². The molecule has 9 aromatic carbocycles. The van der Waals surface area contributed by atoms with Crippen molar-refractivity contribution in [2.75, 3.05) is 4.90 Å². The van der Waals surface area contributed by atoms with Crippen molar-refractivity contribution in [1.82, 2.24) is 4.57 Å². The first-order chi connectivity index (χ1) is 31.6. The molecular weight excluding hydrogens is 773 g/mol. The van der Waals surface area contributed by atoms with Gasteiger partial charge in [-0.3, -0.25) is 0 Å². The number of nitrogens with zero attached hydrogens (tertiary/aromatic N) is 2. The van der Waals surface area contributed by atoms with E-state index in [1.54, 1.807) is 0 Å². The maximum absolute atomic E-state index is 3.95. The molecule has 0 fully saturated rings. The Hall–Kier alpha value is -8.20. The smallest absolute Gasteiger partial charge is 0.0714 e. The van der Waals surface area contributed by atoms with Gasteiger partial charge in [0.25, 0.3) is 0 Å². The van der Waals surface area contributed by atoms with E-state index in [1.165, 1.54) is 66.5 Å². The van der Waals surface area contributed by atoms with Crippen LogP contribution in [0.5, 0.6) is 0 Å². The van der Waals surface area contributed by atoms with Crippen LogP contribution < -0.4 is 4.90 Å². The lowest BCUT2D eigenvalue weighted by Crippen LogP contribution is -2.28. The van der Waals surface area contributed by atoms with Crippen LogP contribution in [-0.4, -0.2) is 4.57 Å². The third kappa shape index (κ3) is 6.42. The Balaban J connectivity index is 1.06. The minimum absolute atomic E-state index is 0.505. The van der Waals surface area contributed by atoms with Gasteiger partial charge in [0.2, 0.25) is 0 Å². The van der Waals surface area contributed by atoms with Crippen molar-refractivity contribution in [3.8, 4) is 39.1 Å². The molecule has 0 spiro atoms. The van der Waals surface area contributed by atoms with Crippen LogP contribution in [0, 0.1) is 6.92 Å². The molecule has 0 saturated heterocycles. The van der Waals surface area contributed by atoms with Gasteiger partial charge in [0.1, 0.15) is 0 Å². The first-order valence-corrected chi connectivity index (χ1v) is 22.0. The molecule has 304 valence electrons. The van der Waals surface area contributed by atoms with Crippen molar-refractivity contribution >= 4 is 34.0 Å². The zero-order valence-corrected chi connectivity index (χ0v) is 35.8. The number of aryl methyl sites for hydroxylation is 1. The molecule has 2 heteroatoms. The zero-order chi connectivity index (χ0) is 43.0. The van der Waals surface area contributed by atoms with Gasteiger partial charge in [-0.1, -0.05) is 189 Å². The van der Waals surface area contributed by atoms with E-state index >= 15 is 0 Å². The van der Waals surface area contributed by atoms with E-state index in [2.05, 4.69) is 260 Å². The van der Waals surface area contributed by atoms with Gasteiger partial charge in [0.05, 0.1) is 10.9 Å². The van der Waals surface area contributed by atoms with Gasteiger partial charge < -0.3 is 9.47 Å². The van der Waals surface area contributed by atoms with E-state index in [0.717, 1.165) is 34.0 Å². The van der Waals surface area contributed by atoms with Crippen molar-refractivity contribution in [3.05, 3.63) is 283 Å². The molecule has 0 bridgehead atoms. The highest BCUT2D eigenvalue weighted by Crippen LogP contribution is 2.57. The quantitative estimate of drug-likeness (QED) is 0.125. The van der Waals surface area contributed by atoms with Gasteiger partial charge in [-0.2, -0.15) is 0 Å². The molecule has 0 atom stereocenters. The highest BCUT2D eigenvalue weighted by Gasteiger charge is 2.46. The third-order valence-electron chi connectivity index (χ3n) is 13.1. The predicted octanol–water partition coefficient (Wildman–Crippen LogP) is 16.3. The van der Waals surface area contributed by atoms with E-state index in [-0.39, 0.29) is 0 Å². The van der Waals surface area contributed by atoms with Crippen molar-refractivity contribution in [3.63, 3.8) is 0 Å². The largest absolute Gasteiger partial charge is 0.310 e. The topological polar surface area (TPSA) is 8.17 Å². The van der Waals surface area contributed by atoms with E-state index in [9.17, 15) is 0 Å². The van der Waals surface area contributed by atoms with Crippen molar-refractivity contribution in [2.24, 2.45) is 0 Å². The summed E-state index contributed by atoms with van der Waals surface area (Å²) in [5.74, 6) is 0. The van der Waals surface area contributed by atoms with Crippen LogP contribution in [-0.2, 0) is 5.41 Å². The number of para-hydroxylation sites is 1. The Morgan fingerprint density at radius 3 is 1.58 bits per heavy atom. The fourth-order valence-electron chi connectivity index (χ4n) is 10.1. The molecule has 0 N–H and O–H groups in total. The lowest BCUT2D eigenvalue weighted by Gasteiger charge is -2.35. The van der Waals surface area contributed by atoms with Crippen molar-refractivity contribution < 1.29 is 0 Å². The van der Waals surface area contributed by atoms with Crippen LogP contribution in [0.1, 0.15) is 33.5 Å². The highest BCUT2D eigenvalue weighted by atomic mass is 15.1. The molecule has 0 radical (unpaired) electrons. The second-order valence-electron chi connectivity index (χ2n) is 16.6. The summed E-state index contributed by atoms with van der Waals surface area (Å²) in [6.45, 7) is 6.17. The first-order valence-electron chi connectivity index (χ1n) is 22.0. The second kappa shape index (κ2) is 16.2. The predicted molar refractivity (Wildman–Crippen MR) is 270 cm³/mol. The molecule has 1 aliphatic rings. The summed E-state index contributed by atoms with van der Waals surface area (Å²) in [6, 6.07) is 84.3. The van der Waals surface area contributed by atoms with E-state index in [4.69, 9.17) is 0 Å². The molecule has 2 nitrogen and oxygen atoms in total. The number of rotatable bonds is 10. The zero-order valence-electron chi connectivity index (χ0n) is 35.8. The van der Waals surface area contributed by atoms with Crippen LogP contribution in [0.3, 0.4) is 0 Å². The minimum Gasteiger partial charge on any atom is -0.310 e. The molecule has 11 rings (SSSR count). The van der Waals surface area contributed by atoms with E-state index in [0.29, 0.717) is 0 Å². The van der Waals surface area contributed by atoms with Gasteiger partial charge in [0.15, 0.2) is 0 Å². The molecule has 1 aromatic heterocycles. The fraction of sp³-hybridized carbons (Fsp3) is 0.0323. The number of allylic oxidation sites excluding steroid dienone is 2. The lowest BCUT2D eigenvalue weighted by molar-refractivity contribution is 0.768. The maximum Gasteiger partial charge on any atom is 0.0714 e. The van der Waals surface area contributed by atoms with Crippen LogP contribution in [0.25, 0.3) is 56.0 Å². The summed E-state index contributed by atoms with van der Waals surface area (Å²) in [5.41, 5.74) is 19.8. The van der Waals surface area contributed by atoms with Gasteiger partial charge in [-0.25, -0.2) is 0 Å². The van der Waals surface area contributed by atoms with Gasteiger partial charge >= 0.3 is 0 Å². The third-order valence-corrected chi connectivity index (χ3v) is 13.1. The van der Waals surface area contributed by atoms with Gasteiger partial charge in [-0.15, -0.1) is 0 Å². The Bertz CT molecular complexity index is 3270. The lowest BCUT2D eigenvalue weighted by atomic mass is 9.67. The summed E-state index contributed by atoms with van der Waals surface area (Å²) < 4.78 is 2.35. The molecule has 10 aromatic rings. The Labute approximate surface area is 376 Å². The Kier molecular flexibility index (Phi) is 9.83. The molecule has 0 saturated carbocycles. The maximum atomic E-state index is 3.95. The number of benzene rings is 9. The number of hydrogen-bond acceptors (Lipinski definition) is 1. The molecule has 1 aliphatic carbocycles. The molecule has 0 aliphatic heterocycles. The molecule has 64 heavy (non-hydrogen) atoms. The number of aromatic nitrogens is 1. The summed E-state index contributed by atoms with van der Waals surface area (Å²) in [6.07, 6.45) is 6.02. The van der Waals surface area contributed by atoms with E-state index < -0.39 is 5.41 Å². The van der Waals surface area contributed by atoms with E-state index in [1.807, 2.05) is 12.2 Å². The SMILES string of the molecule is C=C/C=C\c1c(C)c2cc(-c3ccc(N(c4ccc(-c5ccccc5)cc4)c4ccc5c(c4)C(c4ccccc4)(c4ccccc4)c4ccccc4-5)cc3)ccc2n1-c1ccccc1. The monoisotopic (exact) mass is 818 g/mol. The number of fused-ring (bicyclic) bond motifs is 4.